The summed E-state index contributed by atoms with van der Waals surface area (Å²) in [5, 5.41) is 12.6. The molecule has 3 heterocycles. The van der Waals surface area contributed by atoms with Crippen molar-refractivity contribution in [1.82, 2.24) is 10.2 Å². The standard InChI is InChI=1S/C44H40N4O7/c1-27(28-14-5-2-6-15-28)46-43(53)47-34-23-12-11-22-33(34)44(42(47)52)35(40(45)50)37-41(51)55-38(30-18-9-4-10-19-30)36(29-16-7-3-8-17-29)48(37)39(44)31-20-13-21-32(26-31)54-25-24-49/h2-23,26-27,35-39,49H,24-25H2,1H3,(H2,45,50)(H,46,53)/t27-,35+,36+,37+,38-,39-,44+/m1/s1. The number of fused-ring (bicyclic) bond motifs is 3. The van der Waals surface area contributed by atoms with Crippen LogP contribution < -0.4 is 20.7 Å². The van der Waals surface area contributed by atoms with E-state index in [-0.39, 0.29) is 18.9 Å². The Labute approximate surface area is 318 Å². The number of morpholine rings is 1. The number of anilines is 1. The Balaban J connectivity index is 1.38. The van der Waals surface area contributed by atoms with Crippen LogP contribution in [0.5, 0.6) is 5.75 Å². The third kappa shape index (κ3) is 5.83. The van der Waals surface area contributed by atoms with Crippen LogP contribution in [0, 0.1) is 5.92 Å². The Hall–Kier alpha value is -6.30. The molecule has 0 aromatic heterocycles. The van der Waals surface area contributed by atoms with E-state index in [0.29, 0.717) is 22.4 Å². The predicted molar refractivity (Wildman–Crippen MR) is 204 cm³/mol. The largest absolute Gasteiger partial charge is 0.491 e. The minimum absolute atomic E-state index is 0.0138. The number of carbonyl (C=O) groups excluding carboxylic acids is 4. The van der Waals surface area contributed by atoms with Gasteiger partial charge in [-0.2, -0.15) is 0 Å². The Morgan fingerprint density at radius 2 is 1.44 bits per heavy atom. The van der Waals surface area contributed by atoms with Crippen molar-refractivity contribution in [1.29, 1.82) is 0 Å². The summed E-state index contributed by atoms with van der Waals surface area (Å²) in [5.41, 5.74) is 8.00. The number of nitrogens with zero attached hydrogens (tertiary/aromatic N) is 2. The van der Waals surface area contributed by atoms with Crippen LogP contribution in [0.4, 0.5) is 10.5 Å². The molecular weight excluding hydrogens is 697 g/mol. The number of amides is 4. The summed E-state index contributed by atoms with van der Waals surface area (Å²) < 4.78 is 12.2. The SMILES string of the molecule is C[C@@H](NC(=O)N1C(=O)[C@@]2(c3ccccc31)[C@H](C(N)=O)[C@H]1C(=O)O[C@H](c3ccccc3)[C@H](c3ccccc3)N1[C@@H]2c1cccc(OCCO)c1)c1ccccc1. The predicted octanol–water partition coefficient (Wildman–Crippen LogP) is 5.68. The van der Waals surface area contributed by atoms with Gasteiger partial charge in [0, 0.05) is 0 Å². The van der Waals surface area contributed by atoms with E-state index < -0.39 is 65.4 Å². The number of para-hydroxylation sites is 1. The van der Waals surface area contributed by atoms with Crippen molar-refractivity contribution in [2.45, 2.75) is 42.6 Å². The number of urea groups is 1. The summed E-state index contributed by atoms with van der Waals surface area (Å²) in [4.78, 5) is 62.1. The highest BCUT2D eigenvalue weighted by Gasteiger charge is 2.75. The highest BCUT2D eigenvalue weighted by atomic mass is 16.6. The molecule has 55 heavy (non-hydrogen) atoms. The molecule has 3 aliphatic heterocycles. The number of cyclic esters (lactones) is 1. The summed E-state index contributed by atoms with van der Waals surface area (Å²) >= 11 is 0. The molecular formula is C44H40N4O7. The number of aliphatic hydroxyl groups is 1. The van der Waals surface area contributed by atoms with Crippen LogP contribution >= 0.6 is 0 Å². The van der Waals surface area contributed by atoms with Crippen molar-refractivity contribution in [2.75, 3.05) is 18.1 Å². The fourth-order valence-corrected chi connectivity index (χ4v) is 8.91. The number of hydrogen-bond acceptors (Lipinski definition) is 8. The summed E-state index contributed by atoms with van der Waals surface area (Å²) in [7, 11) is 0. The summed E-state index contributed by atoms with van der Waals surface area (Å²) in [6.07, 6.45) is -0.856. The van der Waals surface area contributed by atoms with Crippen LogP contribution in [0.3, 0.4) is 0 Å². The van der Waals surface area contributed by atoms with Crippen LogP contribution in [-0.2, 0) is 24.5 Å². The minimum atomic E-state index is -1.90. The fourth-order valence-electron chi connectivity index (χ4n) is 8.91. The zero-order valence-corrected chi connectivity index (χ0v) is 30.0. The van der Waals surface area contributed by atoms with Crippen molar-refractivity contribution in [3.05, 3.63) is 167 Å². The lowest BCUT2D eigenvalue weighted by molar-refractivity contribution is -0.178. The lowest BCUT2D eigenvalue weighted by atomic mass is 9.65. The third-order valence-corrected chi connectivity index (χ3v) is 11.0. The number of nitrogens with two attached hydrogens (primary N) is 1. The first-order chi connectivity index (χ1) is 26.8. The number of hydrogen-bond donors (Lipinski definition) is 3. The second-order valence-corrected chi connectivity index (χ2v) is 14.1. The number of benzene rings is 5. The van der Waals surface area contributed by atoms with Gasteiger partial charge in [-0.1, -0.05) is 121 Å². The monoisotopic (exact) mass is 736 g/mol. The maximum absolute atomic E-state index is 15.8. The molecule has 4 amide bonds. The Morgan fingerprint density at radius 1 is 0.818 bits per heavy atom. The lowest BCUT2D eigenvalue weighted by Gasteiger charge is -2.46. The number of aliphatic hydroxyl groups excluding tert-OH is 1. The molecule has 0 unspecified atom stereocenters. The van der Waals surface area contributed by atoms with Crippen molar-refractivity contribution in [2.24, 2.45) is 11.7 Å². The molecule has 2 saturated heterocycles. The topological polar surface area (TPSA) is 151 Å². The normalized spacial score (nSPS) is 24.8. The van der Waals surface area contributed by atoms with E-state index in [9.17, 15) is 19.5 Å². The molecule has 1 spiro atoms. The second kappa shape index (κ2) is 14.5. The van der Waals surface area contributed by atoms with E-state index in [2.05, 4.69) is 5.32 Å². The van der Waals surface area contributed by atoms with Crippen LogP contribution in [0.2, 0.25) is 0 Å². The van der Waals surface area contributed by atoms with Crippen molar-refractivity contribution >= 4 is 29.5 Å². The van der Waals surface area contributed by atoms with Gasteiger partial charge in [-0.05, 0) is 52.9 Å². The maximum atomic E-state index is 15.8. The number of imide groups is 1. The molecule has 8 rings (SSSR count). The van der Waals surface area contributed by atoms with E-state index in [0.717, 1.165) is 16.0 Å². The van der Waals surface area contributed by atoms with Gasteiger partial charge in [0.1, 0.15) is 29.9 Å². The fraction of sp³-hybridized carbons (Fsp3) is 0.227. The highest BCUT2D eigenvalue weighted by molar-refractivity contribution is 6.24. The van der Waals surface area contributed by atoms with Gasteiger partial charge in [-0.15, -0.1) is 0 Å². The van der Waals surface area contributed by atoms with Crippen molar-refractivity contribution in [3.63, 3.8) is 0 Å². The van der Waals surface area contributed by atoms with Gasteiger partial charge in [-0.3, -0.25) is 19.3 Å². The van der Waals surface area contributed by atoms with Crippen molar-refractivity contribution < 1.29 is 33.8 Å². The molecule has 278 valence electrons. The van der Waals surface area contributed by atoms with Gasteiger partial charge in [0.2, 0.25) is 11.8 Å². The van der Waals surface area contributed by atoms with Crippen LogP contribution in [0.1, 0.15) is 59.0 Å². The van der Waals surface area contributed by atoms with E-state index in [1.165, 1.54) is 0 Å². The number of ether oxygens (including phenoxy) is 2. The van der Waals surface area contributed by atoms with Gasteiger partial charge in [0.05, 0.1) is 36.3 Å². The molecule has 0 aliphatic carbocycles. The zero-order chi connectivity index (χ0) is 38.3. The van der Waals surface area contributed by atoms with Crippen molar-refractivity contribution in [3.8, 4) is 5.75 Å². The third-order valence-electron chi connectivity index (χ3n) is 11.0. The molecule has 11 nitrogen and oxygen atoms in total. The van der Waals surface area contributed by atoms with Gasteiger partial charge in [0.25, 0.3) is 0 Å². The van der Waals surface area contributed by atoms with Gasteiger partial charge < -0.3 is 25.6 Å². The number of primary amides is 1. The molecule has 7 atom stereocenters. The van der Waals surface area contributed by atoms with E-state index in [1.54, 1.807) is 42.5 Å². The molecule has 5 aromatic carbocycles. The summed E-state index contributed by atoms with van der Waals surface area (Å²) in [6.45, 7) is 1.61. The Bertz CT molecular complexity index is 2240. The molecule has 0 saturated carbocycles. The zero-order valence-electron chi connectivity index (χ0n) is 30.0. The van der Waals surface area contributed by atoms with Crippen LogP contribution in [0.15, 0.2) is 140 Å². The average molecular weight is 737 g/mol. The first kappa shape index (κ1) is 35.7. The smallest absolute Gasteiger partial charge is 0.329 e. The van der Waals surface area contributed by atoms with E-state index in [1.807, 2.05) is 109 Å². The van der Waals surface area contributed by atoms with Crippen LogP contribution in [0.25, 0.3) is 0 Å². The van der Waals surface area contributed by atoms with E-state index >= 15 is 4.79 Å². The quantitative estimate of drug-likeness (QED) is 0.164. The van der Waals surface area contributed by atoms with E-state index in [4.69, 9.17) is 15.2 Å². The first-order valence-corrected chi connectivity index (χ1v) is 18.3. The van der Waals surface area contributed by atoms with Gasteiger partial charge in [0.15, 0.2) is 0 Å². The highest BCUT2D eigenvalue weighted by Crippen LogP contribution is 2.65. The molecule has 4 N–H and O–H groups in total. The molecule has 2 fully saturated rings. The molecule has 0 radical (unpaired) electrons. The van der Waals surface area contributed by atoms with Crippen LogP contribution in [-0.4, -0.2) is 53.1 Å². The number of nitrogens with one attached hydrogen (secondary N) is 1. The number of esters is 1. The minimum Gasteiger partial charge on any atom is -0.491 e. The number of carbonyl (C=O) groups is 4. The number of rotatable bonds is 9. The molecule has 3 aliphatic rings. The Morgan fingerprint density at radius 3 is 2.11 bits per heavy atom. The van der Waals surface area contributed by atoms with Gasteiger partial charge >= 0.3 is 12.0 Å². The first-order valence-electron chi connectivity index (χ1n) is 18.3. The summed E-state index contributed by atoms with van der Waals surface area (Å²) in [6, 6.07) is 37.8. The molecule has 5 aromatic rings. The second-order valence-electron chi connectivity index (χ2n) is 14.1. The molecule has 0 bridgehead atoms. The van der Waals surface area contributed by atoms with Gasteiger partial charge in [-0.25, -0.2) is 9.69 Å². The summed E-state index contributed by atoms with van der Waals surface area (Å²) in [5.74, 6) is -3.39. The average Bonchev–Trinajstić information content (AvgIpc) is 3.68. The Kier molecular flexibility index (Phi) is 9.42. The lowest BCUT2D eigenvalue weighted by Crippen LogP contribution is -2.55. The maximum Gasteiger partial charge on any atom is 0.329 e. The molecule has 11 heteroatoms.